The number of aryl methyl sites for hydroxylation is 1. The number of amides is 2. The number of nitrogens with zero attached hydrogens (tertiary/aromatic N) is 3. The van der Waals surface area contributed by atoms with Gasteiger partial charge in [0.15, 0.2) is 0 Å². The summed E-state index contributed by atoms with van der Waals surface area (Å²) in [7, 11) is 1.73. The lowest BCUT2D eigenvalue weighted by atomic mass is 9.80. The van der Waals surface area contributed by atoms with E-state index in [4.69, 9.17) is 4.42 Å². The van der Waals surface area contributed by atoms with Crippen molar-refractivity contribution >= 4 is 6.03 Å². The number of piperidine rings is 1. The second kappa shape index (κ2) is 5.87. The molecule has 2 amide bonds. The van der Waals surface area contributed by atoms with E-state index in [1.807, 2.05) is 0 Å². The van der Waals surface area contributed by atoms with Crippen LogP contribution < -0.4 is 10.6 Å². The lowest BCUT2D eigenvalue weighted by molar-refractivity contribution is 0.139. The van der Waals surface area contributed by atoms with Crippen LogP contribution in [0.25, 0.3) is 0 Å². The molecule has 1 fully saturated rings. The molecule has 22 heavy (non-hydrogen) atoms. The van der Waals surface area contributed by atoms with E-state index < -0.39 is 0 Å². The molecule has 7 heteroatoms. The molecule has 0 radical (unpaired) electrons. The van der Waals surface area contributed by atoms with Crippen LogP contribution in [0, 0.1) is 6.92 Å². The topological polar surface area (TPSA) is 83.3 Å². The second-order valence-electron chi connectivity index (χ2n) is 7.52. The van der Waals surface area contributed by atoms with E-state index in [1.54, 1.807) is 18.9 Å². The number of urea groups is 1. The molecule has 0 bridgehead atoms. The van der Waals surface area contributed by atoms with E-state index >= 15 is 0 Å². The van der Waals surface area contributed by atoms with Crippen molar-refractivity contribution in [3.8, 4) is 0 Å². The van der Waals surface area contributed by atoms with Crippen LogP contribution in [-0.2, 0) is 6.54 Å². The monoisotopic (exact) mass is 309 g/mol. The Labute approximate surface area is 131 Å². The van der Waals surface area contributed by atoms with Crippen molar-refractivity contribution in [2.45, 2.75) is 71.1 Å². The summed E-state index contributed by atoms with van der Waals surface area (Å²) in [4.78, 5) is 13.9. The molecular weight excluding hydrogens is 282 g/mol. The summed E-state index contributed by atoms with van der Waals surface area (Å²) >= 11 is 0. The maximum atomic E-state index is 12.3. The van der Waals surface area contributed by atoms with Gasteiger partial charge in [-0.15, -0.1) is 10.2 Å². The number of carbonyl (C=O) groups excluding carboxylic acids is 1. The molecule has 0 unspecified atom stereocenters. The quantitative estimate of drug-likeness (QED) is 0.890. The van der Waals surface area contributed by atoms with E-state index in [0.717, 1.165) is 12.8 Å². The van der Waals surface area contributed by atoms with E-state index in [-0.39, 0.29) is 23.2 Å². The molecule has 2 rings (SSSR count). The van der Waals surface area contributed by atoms with Gasteiger partial charge in [-0.3, -0.25) is 0 Å². The highest BCUT2D eigenvalue weighted by Crippen LogP contribution is 2.28. The van der Waals surface area contributed by atoms with Gasteiger partial charge in [-0.1, -0.05) is 0 Å². The predicted molar refractivity (Wildman–Crippen MR) is 83.3 cm³/mol. The summed E-state index contributed by atoms with van der Waals surface area (Å²) < 4.78 is 5.31. The fraction of sp³-hybridized carbons (Fsp3) is 0.800. The minimum absolute atomic E-state index is 0.00185. The molecule has 1 saturated heterocycles. The van der Waals surface area contributed by atoms with Crippen LogP contribution >= 0.6 is 0 Å². The summed E-state index contributed by atoms with van der Waals surface area (Å²) in [5.41, 5.74) is 0.00370. The van der Waals surface area contributed by atoms with Crippen molar-refractivity contribution in [2.24, 2.45) is 0 Å². The van der Waals surface area contributed by atoms with Crippen LogP contribution in [0.4, 0.5) is 4.79 Å². The van der Waals surface area contributed by atoms with Crippen LogP contribution in [-0.4, -0.2) is 45.3 Å². The maximum Gasteiger partial charge on any atom is 0.317 e. The second-order valence-corrected chi connectivity index (χ2v) is 7.52. The van der Waals surface area contributed by atoms with Crippen LogP contribution in [0.5, 0.6) is 0 Å². The standard InChI is InChI=1S/C15H27N5O2/c1-10-17-18-12(22-10)9-20(6)13(21)16-11-7-14(2,3)19-15(4,5)8-11/h11,19H,7-9H2,1-6H3,(H,16,21). The minimum atomic E-state index is -0.116. The van der Waals surface area contributed by atoms with Gasteiger partial charge in [-0.2, -0.15) is 0 Å². The smallest absolute Gasteiger partial charge is 0.317 e. The highest BCUT2D eigenvalue weighted by molar-refractivity contribution is 5.74. The third-order valence-electron chi connectivity index (χ3n) is 3.80. The van der Waals surface area contributed by atoms with Gasteiger partial charge in [0.2, 0.25) is 11.8 Å². The molecule has 0 aromatic carbocycles. The third kappa shape index (κ3) is 4.43. The van der Waals surface area contributed by atoms with Gasteiger partial charge >= 0.3 is 6.03 Å². The third-order valence-corrected chi connectivity index (χ3v) is 3.80. The van der Waals surface area contributed by atoms with Crippen LogP contribution in [0.15, 0.2) is 4.42 Å². The van der Waals surface area contributed by atoms with Gasteiger partial charge in [0.1, 0.15) is 6.54 Å². The van der Waals surface area contributed by atoms with Crippen molar-refractivity contribution in [2.75, 3.05) is 7.05 Å². The number of hydrogen-bond donors (Lipinski definition) is 2. The average Bonchev–Trinajstić information content (AvgIpc) is 2.70. The molecule has 0 saturated carbocycles. The lowest BCUT2D eigenvalue weighted by Crippen LogP contribution is -2.62. The van der Waals surface area contributed by atoms with E-state index in [0.29, 0.717) is 18.3 Å². The molecule has 1 aromatic heterocycles. The lowest BCUT2D eigenvalue weighted by Gasteiger charge is -2.46. The number of hydrogen-bond acceptors (Lipinski definition) is 5. The van der Waals surface area contributed by atoms with Gasteiger partial charge in [0, 0.05) is 31.1 Å². The molecule has 0 aliphatic carbocycles. The highest BCUT2D eigenvalue weighted by atomic mass is 16.4. The van der Waals surface area contributed by atoms with Crippen LogP contribution in [0.2, 0.25) is 0 Å². The number of aromatic nitrogens is 2. The SMILES string of the molecule is Cc1nnc(CN(C)C(=O)NC2CC(C)(C)NC(C)(C)C2)o1. The van der Waals surface area contributed by atoms with E-state index in [9.17, 15) is 4.79 Å². The average molecular weight is 309 g/mol. The largest absolute Gasteiger partial charge is 0.424 e. The van der Waals surface area contributed by atoms with E-state index in [1.165, 1.54) is 0 Å². The zero-order valence-electron chi connectivity index (χ0n) is 14.4. The van der Waals surface area contributed by atoms with E-state index in [2.05, 4.69) is 48.5 Å². The summed E-state index contributed by atoms with van der Waals surface area (Å²) in [6.07, 6.45) is 1.80. The molecular formula is C15H27N5O2. The molecule has 1 aliphatic rings. The number of rotatable bonds is 3. The number of carbonyl (C=O) groups is 1. The van der Waals surface area contributed by atoms with Crippen molar-refractivity contribution < 1.29 is 9.21 Å². The van der Waals surface area contributed by atoms with Gasteiger partial charge in [0.05, 0.1) is 0 Å². The predicted octanol–water partition coefficient (Wildman–Crippen LogP) is 1.83. The zero-order valence-corrected chi connectivity index (χ0v) is 14.4. The first-order chi connectivity index (χ1) is 10.1. The van der Waals surface area contributed by atoms with Crippen molar-refractivity contribution in [3.05, 3.63) is 11.8 Å². The van der Waals surface area contributed by atoms with Crippen LogP contribution in [0.3, 0.4) is 0 Å². The molecule has 1 aliphatic heterocycles. The van der Waals surface area contributed by atoms with Crippen LogP contribution in [0.1, 0.15) is 52.3 Å². The molecule has 2 heterocycles. The minimum Gasteiger partial charge on any atom is -0.424 e. The van der Waals surface area contributed by atoms with Crippen molar-refractivity contribution in [3.63, 3.8) is 0 Å². The summed E-state index contributed by atoms with van der Waals surface area (Å²) in [5.74, 6) is 0.951. The van der Waals surface area contributed by atoms with Gasteiger partial charge in [-0.25, -0.2) is 4.79 Å². The Morgan fingerprint density at radius 1 is 1.32 bits per heavy atom. The molecule has 0 spiro atoms. The normalized spacial score (nSPS) is 20.6. The maximum absolute atomic E-state index is 12.3. The first kappa shape index (κ1) is 16.7. The highest BCUT2D eigenvalue weighted by Gasteiger charge is 2.38. The first-order valence-electron chi connectivity index (χ1n) is 7.66. The molecule has 1 aromatic rings. The van der Waals surface area contributed by atoms with Crippen molar-refractivity contribution in [1.82, 2.24) is 25.7 Å². The summed E-state index contributed by atoms with van der Waals surface area (Å²) in [6.45, 7) is 10.7. The fourth-order valence-corrected chi connectivity index (χ4v) is 3.39. The summed E-state index contributed by atoms with van der Waals surface area (Å²) in [6, 6.07) is 0.0278. The Morgan fingerprint density at radius 2 is 1.91 bits per heavy atom. The van der Waals surface area contributed by atoms with Crippen molar-refractivity contribution in [1.29, 1.82) is 0 Å². The Balaban J connectivity index is 1.93. The molecule has 0 atom stereocenters. The number of nitrogens with one attached hydrogen (secondary N) is 2. The molecule has 7 nitrogen and oxygen atoms in total. The van der Waals surface area contributed by atoms with Gasteiger partial charge in [-0.05, 0) is 40.5 Å². The molecule has 124 valence electrons. The van der Waals surface area contributed by atoms with Gasteiger partial charge < -0.3 is 20.0 Å². The van der Waals surface area contributed by atoms with Gasteiger partial charge in [0.25, 0.3) is 0 Å². The first-order valence-corrected chi connectivity index (χ1v) is 7.66. The summed E-state index contributed by atoms with van der Waals surface area (Å²) in [5, 5.41) is 14.4. The Kier molecular flexibility index (Phi) is 4.47. The molecule has 2 N–H and O–H groups in total. The Morgan fingerprint density at radius 3 is 2.41 bits per heavy atom. The Bertz CT molecular complexity index is 522. The fourth-order valence-electron chi connectivity index (χ4n) is 3.39. The zero-order chi connectivity index (χ0) is 16.5. The Hall–Kier alpha value is -1.63.